The number of fused-ring (bicyclic) bond motifs is 2. The molecule has 0 spiro atoms. The van der Waals surface area contributed by atoms with Crippen LogP contribution >= 0.6 is 0 Å². The van der Waals surface area contributed by atoms with Crippen LogP contribution < -0.4 is 4.90 Å². The number of pyridine rings is 1. The van der Waals surface area contributed by atoms with Gasteiger partial charge in [-0.2, -0.15) is 27.1 Å². The van der Waals surface area contributed by atoms with Gasteiger partial charge in [-0.1, -0.05) is 5.10 Å². The number of imidazole rings is 1. The third-order valence-corrected chi connectivity index (χ3v) is 4.89. The molecule has 0 amide bonds. The molecule has 0 aliphatic carbocycles. The summed E-state index contributed by atoms with van der Waals surface area (Å²) in [6.07, 6.45) is -4.19. The van der Waals surface area contributed by atoms with Crippen molar-refractivity contribution in [1.82, 2.24) is 29.8 Å². The molecule has 0 unspecified atom stereocenters. The first-order chi connectivity index (χ1) is 14.3. The minimum Gasteiger partial charge on any atom is -0.402 e. The van der Waals surface area contributed by atoms with Gasteiger partial charge in [0.1, 0.15) is 6.04 Å². The van der Waals surface area contributed by atoms with Gasteiger partial charge in [0.05, 0.1) is 28.8 Å². The normalized spacial score (nSPS) is 17.1. The van der Waals surface area contributed by atoms with Gasteiger partial charge in [-0.05, 0) is 18.2 Å². The predicted molar refractivity (Wildman–Crippen MR) is 90.9 cm³/mol. The van der Waals surface area contributed by atoms with E-state index in [9.17, 15) is 22.0 Å². The van der Waals surface area contributed by atoms with Crippen LogP contribution in [0, 0.1) is 0 Å². The molecule has 0 saturated carbocycles. The Hall–Kier alpha value is -3.51. The average Bonchev–Trinajstić information content (AvgIpc) is 3.43. The molecule has 0 aromatic carbocycles. The van der Waals surface area contributed by atoms with E-state index in [1.165, 1.54) is 29.6 Å². The highest BCUT2D eigenvalue weighted by Gasteiger charge is 2.38. The second-order valence-corrected chi connectivity index (χ2v) is 6.65. The quantitative estimate of drug-likeness (QED) is 0.505. The first-order valence-corrected chi connectivity index (χ1v) is 8.79. The van der Waals surface area contributed by atoms with Gasteiger partial charge < -0.3 is 14.3 Å². The maximum atomic E-state index is 13.4. The number of alkyl halides is 5. The molecular weight excluding hydrogens is 413 g/mol. The second-order valence-electron chi connectivity index (χ2n) is 6.65. The third-order valence-electron chi connectivity index (χ3n) is 4.89. The molecule has 0 bridgehead atoms. The highest BCUT2D eigenvalue weighted by molar-refractivity contribution is 5.58. The smallest absolute Gasteiger partial charge is 0.402 e. The summed E-state index contributed by atoms with van der Waals surface area (Å²) in [5.41, 5.74) is 0.511. The van der Waals surface area contributed by atoms with Crippen LogP contribution in [0.25, 0.3) is 5.52 Å². The Bertz CT molecular complexity index is 1210. The lowest BCUT2D eigenvalue weighted by Crippen LogP contribution is -2.36. The summed E-state index contributed by atoms with van der Waals surface area (Å²) in [7, 11) is 0. The molecule has 0 radical (unpaired) electrons. The predicted octanol–water partition coefficient (Wildman–Crippen LogP) is 3.55. The maximum absolute atomic E-state index is 13.4. The first-order valence-electron chi connectivity index (χ1n) is 8.79. The Morgan fingerprint density at radius 2 is 2.07 bits per heavy atom. The Morgan fingerprint density at radius 1 is 1.23 bits per heavy atom. The van der Waals surface area contributed by atoms with Gasteiger partial charge in [0.15, 0.2) is 0 Å². The molecule has 0 fully saturated rings. The van der Waals surface area contributed by atoms with Gasteiger partial charge in [-0.15, -0.1) is 5.10 Å². The summed E-state index contributed by atoms with van der Waals surface area (Å²) in [5.74, 6) is -0.842. The molecule has 30 heavy (non-hydrogen) atoms. The number of aromatic nitrogens is 6. The summed E-state index contributed by atoms with van der Waals surface area (Å²) in [6, 6.07) is 2.53. The van der Waals surface area contributed by atoms with Crippen molar-refractivity contribution >= 4 is 11.5 Å². The number of halogens is 5. The first kappa shape index (κ1) is 18.5. The summed E-state index contributed by atoms with van der Waals surface area (Å²) in [5, 5.41) is 11.3. The summed E-state index contributed by atoms with van der Waals surface area (Å²) in [4.78, 5) is 8.76. The van der Waals surface area contributed by atoms with Crippen molar-refractivity contribution in [3.05, 3.63) is 59.3 Å². The fourth-order valence-electron chi connectivity index (χ4n) is 3.62. The molecule has 5 heterocycles. The highest BCUT2D eigenvalue weighted by Crippen LogP contribution is 2.38. The van der Waals surface area contributed by atoms with Gasteiger partial charge in [0.25, 0.3) is 5.89 Å². The molecular formula is C17H12F5N7O. The van der Waals surface area contributed by atoms with Crippen LogP contribution in [-0.2, 0) is 12.6 Å². The Morgan fingerprint density at radius 3 is 2.80 bits per heavy atom. The molecule has 4 aromatic heterocycles. The van der Waals surface area contributed by atoms with Crippen LogP contribution in [0.1, 0.15) is 41.0 Å². The maximum Gasteiger partial charge on any atom is 0.418 e. The Balaban J connectivity index is 1.65. The van der Waals surface area contributed by atoms with Gasteiger partial charge in [0, 0.05) is 24.9 Å². The van der Waals surface area contributed by atoms with Crippen molar-refractivity contribution in [2.45, 2.75) is 25.1 Å². The Kier molecular flexibility index (Phi) is 4.01. The zero-order valence-electron chi connectivity index (χ0n) is 14.9. The standard InChI is InChI=1S/C17H12F5N7O/c18-14(19)15-25-26-16(30-15)28-5-3-9-12(24-7-23-9)13(28)10-6-11-8(17(20,21)22)2-1-4-29(11)27-10/h1-2,4,6-7,13-14H,3,5H2,(H,23,24)/t13-/m0/s1. The molecule has 1 N–H and O–H groups in total. The second kappa shape index (κ2) is 6.50. The number of anilines is 1. The van der Waals surface area contributed by atoms with Crippen molar-refractivity contribution in [1.29, 1.82) is 0 Å². The van der Waals surface area contributed by atoms with E-state index in [2.05, 4.69) is 25.3 Å². The minimum atomic E-state index is -4.57. The average molecular weight is 425 g/mol. The fraction of sp³-hybridized carbons (Fsp3) is 0.294. The minimum absolute atomic E-state index is 0.138. The van der Waals surface area contributed by atoms with Gasteiger partial charge in [0.2, 0.25) is 0 Å². The number of aromatic amines is 1. The van der Waals surface area contributed by atoms with E-state index in [1.54, 1.807) is 0 Å². The summed E-state index contributed by atoms with van der Waals surface area (Å²) in [6.45, 7) is 0.282. The largest absolute Gasteiger partial charge is 0.418 e. The zero-order chi connectivity index (χ0) is 21.0. The monoisotopic (exact) mass is 425 g/mol. The molecule has 13 heteroatoms. The molecule has 1 aliphatic heterocycles. The van der Waals surface area contributed by atoms with E-state index in [-0.39, 0.29) is 23.8 Å². The molecule has 1 atom stereocenters. The molecule has 5 rings (SSSR count). The van der Waals surface area contributed by atoms with Gasteiger partial charge in [-0.3, -0.25) is 0 Å². The van der Waals surface area contributed by atoms with E-state index < -0.39 is 30.1 Å². The van der Waals surface area contributed by atoms with Crippen molar-refractivity contribution in [3.8, 4) is 0 Å². The van der Waals surface area contributed by atoms with E-state index in [0.717, 1.165) is 16.3 Å². The number of H-pyrrole nitrogens is 1. The molecule has 156 valence electrons. The van der Waals surface area contributed by atoms with Crippen molar-refractivity contribution < 1.29 is 26.4 Å². The molecule has 0 saturated heterocycles. The van der Waals surface area contributed by atoms with Crippen LogP contribution in [0.3, 0.4) is 0 Å². The number of nitrogens with zero attached hydrogens (tertiary/aromatic N) is 6. The van der Waals surface area contributed by atoms with Crippen LogP contribution in [0.5, 0.6) is 0 Å². The topological polar surface area (TPSA) is 88.1 Å². The summed E-state index contributed by atoms with van der Waals surface area (Å²) < 4.78 is 72.2. The number of rotatable bonds is 3. The van der Waals surface area contributed by atoms with Crippen LogP contribution in [0.15, 0.2) is 35.1 Å². The van der Waals surface area contributed by atoms with E-state index in [1.807, 2.05) is 0 Å². The number of hydrogen-bond donors (Lipinski definition) is 1. The van der Waals surface area contributed by atoms with Gasteiger partial charge >= 0.3 is 18.6 Å². The van der Waals surface area contributed by atoms with Crippen molar-refractivity contribution in [2.24, 2.45) is 0 Å². The van der Waals surface area contributed by atoms with Crippen LogP contribution in [0.2, 0.25) is 0 Å². The van der Waals surface area contributed by atoms with Crippen molar-refractivity contribution in [3.63, 3.8) is 0 Å². The van der Waals surface area contributed by atoms with Crippen LogP contribution in [0.4, 0.5) is 28.0 Å². The lowest BCUT2D eigenvalue weighted by Gasteiger charge is -2.32. The third kappa shape index (κ3) is 2.88. The number of nitrogens with one attached hydrogen (secondary N) is 1. The summed E-state index contributed by atoms with van der Waals surface area (Å²) >= 11 is 0. The van der Waals surface area contributed by atoms with E-state index >= 15 is 0 Å². The lowest BCUT2D eigenvalue weighted by molar-refractivity contribution is -0.136. The van der Waals surface area contributed by atoms with Crippen molar-refractivity contribution in [2.75, 3.05) is 11.4 Å². The number of hydrogen-bond acceptors (Lipinski definition) is 6. The zero-order valence-corrected chi connectivity index (χ0v) is 14.9. The van der Waals surface area contributed by atoms with E-state index in [0.29, 0.717) is 12.1 Å². The Labute approximate surface area is 164 Å². The highest BCUT2D eigenvalue weighted by atomic mass is 19.4. The van der Waals surface area contributed by atoms with Gasteiger partial charge in [-0.25, -0.2) is 9.50 Å². The molecule has 8 nitrogen and oxygen atoms in total. The SMILES string of the molecule is FC(F)c1nnc(N2CCc3[nH]cnc3[C@@H]2c2cc3c(C(F)(F)F)cccn3n2)o1. The van der Waals surface area contributed by atoms with E-state index in [4.69, 9.17) is 4.42 Å². The fourth-order valence-corrected chi connectivity index (χ4v) is 3.62. The lowest BCUT2D eigenvalue weighted by atomic mass is 10.00. The van der Waals surface area contributed by atoms with Crippen LogP contribution in [-0.4, -0.2) is 36.3 Å². The molecule has 4 aromatic rings. The molecule has 1 aliphatic rings.